The fourth-order valence-electron chi connectivity index (χ4n) is 4.52. The molecule has 2 amide bonds. The first kappa shape index (κ1) is 14.1. The first-order valence-corrected chi connectivity index (χ1v) is 8.66. The van der Waals surface area contributed by atoms with Gasteiger partial charge in [-0.1, -0.05) is 31.0 Å². The van der Waals surface area contributed by atoms with Crippen molar-refractivity contribution in [3.8, 4) is 0 Å². The summed E-state index contributed by atoms with van der Waals surface area (Å²) in [6, 6.07) is 8.19. The van der Waals surface area contributed by atoms with Gasteiger partial charge in [0, 0.05) is 30.9 Å². The van der Waals surface area contributed by atoms with Crippen molar-refractivity contribution in [1.29, 1.82) is 0 Å². The van der Waals surface area contributed by atoms with Crippen LogP contribution in [0.25, 0.3) is 0 Å². The van der Waals surface area contributed by atoms with Crippen molar-refractivity contribution >= 4 is 11.7 Å². The zero-order valence-electron chi connectivity index (χ0n) is 13.1. The number of hydrogen-bond donors (Lipinski definition) is 2. The van der Waals surface area contributed by atoms with E-state index in [2.05, 4.69) is 27.7 Å². The Morgan fingerprint density at radius 1 is 1.14 bits per heavy atom. The minimum absolute atomic E-state index is 0.0528. The fourth-order valence-corrected chi connectivity index (χ4v) is 4.52. The lowest BCUT2D eigenvalue weighted by Gasteiger charge is -2.46. The molecule has 4 rings (SSSR count). The van der Waals surface area contributed by atoms with Gasteiger partial charge in [0.15, 0.2) is 0 Å². The molecule has 1 saturated heterocycles. The minimum Gasteiger partial charge on any atom is -0.328 e. The average Bonchev–Trinajstić information content (AvgIpc) is 3.03. The van der Waals surface area contributed by atoms with Crippen LogP contribution in [-0.4, -0.2) is 30.6 Å². The van der Waals surface area contributed by atoms with E-state index < -0.39 is 0 Å². The molecule has 118 valence electrons. The highest BCUT2D eigenvalue weighted by Gasteiger charge is 2.42. The van der Waals surface area contributed by atoms with E-state index in [1.165, 1.54) is 37.8 Å². The Morgan fingerprint density at radius 2 is 1.86 bits per heavy atom. The second-order valence-electron chi connectivity index (χ2n) is 7.16. The summed E-state index contributed by atoms with van der Waals surface area (Å²) >= 11 is 0. The number of nitrogens with one attached hydrogen (secondary N) is 2. The number of benzene rings is 1. The van der Waals surface area contributed by atoms with Gasteiger partial charge in [0.05, 0.1) is 5.54 Å². The standard InChI is InChI=1S/C18H25N3O/c22-17-19-16-8-4-3-7-15(16)18(20-17)9-11-21(12-10-18)13-14-5-1-2-6-14/h3-4,7-8,14H,1-2,5-6,9-13H2,(H2,19,20,22). The molecule has 2 N–H and O–H groups in total. The van der Waals surface area contributed by atoms with E-state index in [1.807, 2.05) is 12.1 Å². The zero-order valence-corrected chi connectivity index (χ0v) is 13.1. The quantitative estimate of drug-likeness (QED) is 0.880. The Balaban J connectivity index is 1.48. The predicted molar refractivity (Wildman–Crippen MR) is 87.9 cm³/mol. The highest BCUT2D eigenvalue weighted by atomic mass is 16.2. The first-order chi connectivity index (χ1) is 10.8. The molecule has 1 aliphatic carbocycles. The van der Waals surface area contributed by atoms with Gasteiger partial charge in [-0.3, -0.25) is 0 Å². The smallest absolute Gasteiger partial charge is 0.319 e. The number of likely N-dealkylation sites (tertiary alicyclic amines) is 1. The third-order valence-corrected chi connectivity index (χ3v) is 5.74. The highest BCUT2D eigenvalue weighted by molar-refractivity contribution is 5.93. The van der Waals surface area contributed by atoms with Crippen LogP contribution in [0, 0.1) is 5.92 Å². The van der Waals surface area contributed by atoms with Crippen molar-refractivity contribution in [2.75, 3.05) is 25.0 Å². The number of hydrogen-bond acceptors (Lipinski definition) is 2. The molecule has 2 aliphatic heterocycles. The second-order valence-corrected chi connectivity index (χ2v) is 7.16. The largest absolute Gasteiger partial charge is 0.328 e. The van der Waals surface area contributed by atoms with Crippen LogP contribution in [0.15, 0.2) is 24.3 Å². The van der Waals surface area contributed by atoms with E-state index in [9.17, 15) is 4.79 Å². The third kappa shape index (κ3) is 2.50. The third-order valence-electron chi connectivity index (χ3n) is 5.74. The molecular weight excluding hydrogens is 274 g/mol. The van der Waals surface area contributed by atoms with Gasteiger partial charge >= 0.3 is 6.03 Å². The number of nitrogens with zero attached hydrogens (tertiary/aromatic N) is 1. The molecule has 0 atom stereocenters. The maximum atomic E-state index is 12.0. The van der Waals surface area contributed by atoms with Gasteiger partial charge in [0.25, 0.3) is 0 Å². The molecule has 0 bridgehead atoms. The first-order valence-electron chi connectivity index (χ1n) is 8.66. The van der Waals surface area contributed by atoms with E-state index in [-0.39, 0.29) is 11.6 Å². The molecule has 4 nitrogen and oxygen atoms in total. The number of amides is 2. The maximum absolute atomic E-state index is 12.0. The molecule has 4 heteroatoms. The van der Waals surface area contributed by atoms with E-state index in [4.69, 9.17) is 0 Å². The van der Waals surface area contributed by atoms with Crippen molar-refractivity contribution in [1.82, 2.24) is 10.2 Å². The van der Waals surface area contributed by atoms with Gasteiger partial charge in [0.1, 0.15) is 0 Å². The van der Waals surface area contributed by atoms with E-state index in [1.54, 1.807) is 0 Å². The van der Waals surface area contributed by atoms with Crippen LogP contribution in [0.1, 0.15) is 44.1 Å². The Labute approximate surface area is 132 Å². The molecule has 1 aromatic rings. The Bertz CT molecular complexity index is 557. The summed E-state index contributed by atoms with van der Waals surface area (Å²) in [5.74, 6) is 0.906. The van der Waals surface area contributed by atoms with Crippen molar-refractivity contribution in [3.05, 3.63) is 29.8 Å². The second kappa shape index (κ2) is 5.58. The molecule has 1 aromatic carbocycles. The molecule has 3 aliphatic rings. The predicted octanol–water partition coefficient (Wildman–Crippen LogP) is 3.30. The summed E-state index contributed by atoms with van der Waals surface area (Å²) in [4.78, 5) is 14.6. The lowest BCUT2D eigenvalue weighted by Crippen LogP contribution is -2.57. The van der Waals surface area contributed by atoms with Crippen LogP contribution < -0.4 is 10.6 Å². The number of rotatable bonds is 2. The summed E-state index contributed by atoms with van der Waals surface area (Å²) in [7, 11) is 0. The average molecular weight is 299 g/mol. The van der Waals surface area contributed by atoms with Crippen molar-refractivity contribution in [2.45, 2.75) is 44.1 Å². The van der Waals surface area contributed by atoms with E-state index in [0.717, 1.165) is 37.5 Å². The van der Waals surface area contributed by atoms with Crippen LogP contribution in [0.3, 0.4) is 0 Å². The molecule has 2 fully saturated rings. The van der Waals surface area contributed by atoms with Crippen LogP contribution in [0.4, 0.5) is 10.5 Å². The molecule has 1 spiro atoms. The molecule has 2 heterocycles. The van der Waals surface area contributed by atoms with Gasteiger partial charge in [-0.15, -0.1) is 0 Å². The molecule has 0 aromatic heterocycles. The van der Waals surface area contributed by atoms with Crippen molar-refractivity contribution < 1.29 is 4.79 Å². The van der Waals surface area contributed by atoms with Crippen LogP contribution in [0.5, 0.6) is 0 Å². The number of carbonyl (C=O) groups is 1. The van der Waals surface area contributed by atoms with Crippen molar-refractivity contribution in [2.24, 2.45) is 5.92 Å². The minimum atomic E-state index is -0.162. The number of piperidine rings is 1. The summed E-state index contributed by atoms with van der Waals surface area (Å²) in [5.41, 5.74) is 2.08. The number of carbonyl (C=O) groups excluding carboxylic acids is 1. The zero-order chi connectivity index (χ0) is 15.0. The Hall–Kier alpha value is -1.55. The summed E-state index contributed by atoms with van der Waals surface area (Å²) < 4.78 is 0. The topological polar surface area (TPSA) is 44.4 Å². The van der Waals surface area contributed by atoms with Crippen LogP contribution in [-0.2, 0) is 5.54 Å². The number of urea groups is 1. The highest BCUT2D eigenvalue weighted by Crippen LogP contribution is 2.40. The fraction of sp³-hybridized carbons (Fsp3) is 0.611. The normalized spacial score (nSPS) is 24.8. The monoisotopic (exact) mass is 299 g/mol. The molecule has 0 radical (unpaired) electrons. The van der Waals surface area contributed by atoms with E-state index >= 15 is 0 Å². The van der Waals surface area contributed by atoms with Crippen LogP contribution >= 0.6 is 0 Å². The maximum Gasteiger partial charge on any atom is 0.319 e. The number of fused-ring (bicyclic) bond motifs is 2. The van der Waals surface area contributed by atoms with Gasteiger partial charge in [0.2, 0.25) is 0 Å². The number of anilines is 1. The lowest BCUT2D eigenvalue weighted by atomic mass is 9.79. The molecule has 0 unspecified atom stereocenters. The summed E-state index contributed by atoms with van der Waals surface area (Å²) in [6.45, 7) is 3.43. The van der Waals surface area contributed by atoms with Gasteiger partial charge in [-0.25, -0.2) is 4.79 Å². The molecule has 1 saturated carbocycles. The van der Waals surface area contributed by atoms with Crippen molar-refractivity contribution in [3.63, 3.8) is 0 Å². The molecular formula is C18H25N3O. The summed E-state index contributed by atoms with van der Waals surface area (Å²) in [5, 5.41) is 6.16. The van der Waals surface area contributed by atoms with Crippen LogP contribution in [0.2, 0.25) is 0 Å². The van der Waals surface area contributed by atoms with E-state index in [0.29, 0.717) is 0 Å². The SMILES string of the molecule is O=C1Nc2ccccc2C2(CCN(CC3CCCC3)CC2)N1. The lowest BCUT2D eigenvalue weighted by molar-refractivity contribution is 0.123. The molecule has 22 heavy (non-hydrogen) atoms. The Morgan fingerprint density at radius 3 is 2.64 bits per heavy atom. The van der Waals surface area contributed by atoms with Gasteiger partial charge in [-0.2, -0.15) is 0 Å². The van der Waals surface area contributed by atoms with Gasteiger partial charge in [-0.05, 0) is 37.7 Å². The van der Waals surface area contributed by atoms with Gasteiger partial charge < -0.3 is 15.5 Å². The Kier molecular flexibility index (Phi) is 3.57. The summed E-state index contributed by atoms with van der Waals surface area (Å²) in [6.07, 6.45) is 7.68. The number of para-hydroxylation sites is 1.